The lowest BCUT2D eigenvalue weighted by atomic mass is 10.1. The van der Waals surface area contributed by atoms with Crippen LogP contribution in [0.25, 0.3) is 0 Å². The maximum Gasteiger partial charge on any atom is 0.337 e. The van der Waals surface area contributed by atoms with Gasteiger partial charge in [-0.3, -0.25) is 0 Å². The van der Waals surface area contributed by atoms with E-state index >= 15 is 0 Å². The third-order valence-corrected chi connectivity index (χ3v) is 1.83. The molecule has 76 valence electrons. The lowest BCUT2D eigenvalue weighted by molar-refractivity contribution is 0.0698. The van der Waals surface area contributed by atoms with Gasteiger partial charge in [-0.25, -0.2) is 4.79 Å². The predicted molar refractivity (Wildman–Crippen MR) is 53.7 cm³/mol. The Labute approximate surface area is 82.2 Å². The molecule has 0 heterocycles. The third-order valence-electron chi connectivity index (χ3n) is 1.83. The van der Waals surface area contributed by atoms with Gasteiger partial charge in [-0.15, -0.1) is 0 Å². The second-order valence-corrected chi connectivity index (χ2v) is 3.00. The number of hydrogen-bond donors (Lipinski definition) is 3. The van der Waals surface area contributed by atoms with E-state index in [0.29, 0.717) is 12.2 Å². The van der Waals surface area contributed by atoms with Gasteiger partial charge in [0, 0.05) is 12.2 Å². The number of carboxylic acid groups (broad SMARTS) is 1. The van der Waals surface area contributed by atoms with Crippen LogP contribution in [0.3, 0.4) is 0 Å². The van der Waals surface area contributed by atoms with E-state index in [1.165, 1.54) is 0 Å². The van der Waals surface area contributed by atoms with Gasteiger partial charge in [-0.05, 0) is 24.6 Å². The van der Waals surface area contributed by atoms with Gasteiger partial charge in [0.25, 0.3) is 0 Å². The minimum atomic E-state index is -0.967. The van der Waals surface area contributed by atoms with Crippen LogP contribution in [0.5, 0.6) is 0 Å². The Morgan fingerprint density at radius 1 is 1.50 bits per heavy atom. The van der Waals surface area contributed by atoms with Gasteiger partial charge in [0.05, 0.1) is 12.2 Å². The Morgan fingerprint density at radius 2 is 2.21 bits per heavy atom. The summed E-state index contributed by atoms with van der Waals surface area (Å²) in [5.41, 5.74) is 1.76. The summed E-state index contributed by atoms with van der Waals surface area (Å²) in [5, 5.41) is 20.3. The average molecular weight is 195 g/mol. The Morgan fingerprint density at radius 3 is 2.79 bits per heavy atom. The van der Waals surface area contributed by atoms with Crippen LogP contribution in [0, 0.1) is 6.92 Å². The first-order chi connectivity index (χ1) is 6.65. The van der Waals surface area contributed by atoms with E-state index in [1.807, 2.05) is 6.92 Å². The summed E-state index contributed by atoms with van der Waals surface area (Å²) < 4.78 is 0. The molecule has 0 saturated heterocycles. The van der Waals surface area contributed by atoms with Gasteiger partial charge in [-0.2, -0.15) is 0 Å². The molecule has 14 heavy (non-hydrogen) atoms. The summed E-state index contributed by atoms with van der Waals surface area (Å²) in [4.78, 5) is 10.8. The maximum atomic E-state index is 10.8. The first kappa shape index (κ1) is 10.5. The molecule has 1 rings (SSSR count). The first-order valence-corrected chi connectivity index (χ1v) is 4.34. The average Bonchev–Trinajstić information content (AvgIpc) is 2.14. The zero-order chi connectivity index (χ0) is 10.6. The normalized spacial score (nSPS) is 9.86. The molecule has 0 unspecified atom stereocenters. The van der Waals surface area contributed by atoms with Crippen LogP contribution in [0.4, 0.5) is 5.69 Å². The predicted octanol–water partition coefficient (Wildman–Crippen LogP) is 1.10. The van der Waals surface area contributed by atoms with Crippen molar-refractivity contribution in [3.63, 3.8) is 0 Å². The van der Waals surface area contributed by atoms with Crippen molar-refractivity contribution in [2.24, 2.45) is 0 Å². The Balaban J connectivity index is 2.97. The standard InChI is InChI=1S/C10H13NO3/c1-7-2-3-8(10(13)14)9(6-7)11-4-5-12/h2-3,6,11-12H,4-5H2,1H3,(H,13,14). The van der Waals surface area contributed by atoms with E-state index in [9.17, 15) is 4.79 Å². The van der Waals surface area contributed by atoms with Crippen molar-refractivity contribution in [3.05, 3.63) is 29.3 Å². The Hall–Kier alpha value is -1.55. The van der Waals surface area contributed by atoms with Crippen LogP contribution in [-0.2, 0) is 0 Å². The number of rotatable bonds is 4. The second kappa shape index (κ2) is 4.62. The molecule has 0 saturated carbocycles. The smallest absolute Gasteiger partial charge is 0.337 e. The molecule has 0 aliphatic rings. The van der Waals surface area contributed by atoms with E-state index < -0.39 is 5.97 Å². The van der Waals surface area contributed by atoms with E-state index in [1.54, 1.807) is 18.2 Å². The minimum absolute atomic E-state index is 0.0208. The van der Waals surface area contributed by atoms with Gasteiger partial charge in [-0.1, -0.05) is 6.07 Å². The monoisotopic (exact) mass is 195 g/mol. The molecular weight excluding hydrogens is 182 g/mol. The van der Waals surface area contributed by atoms with Crippen molar-refractivity contribution in [1.82, 2.24) is 0 Å². The molecule has 4 nitrogen and oxygen atoms in total. The zero-order valence-electron chi connectivity index (χ0n) is 7.95. The molecule has 4 heteroatoms. The maximum absolute atomic E-state index is 10.8. The van der Waals surface area contributed by atoms with Crippen molar-refractivity contribution in [1.29, 1.82) is 0 Å². The number of aliphatic hydroxyl groups is 1. The largest absolute Gasteiger partial charge is 0.478 e. The van der Waals surface area contributed by atoms with Crippen LogP contribution in [0.2, 0.25) is 0 Å². The Bertz CT molecular complexity index is 336. The van der Waals surface area contributed by atoms with E-state index in [-0.39, 0.29) is 12.2 Å². The van der Waals surface area contributed by atoms with E-state index in [2.05, 4.69) is 5.32 Å². The second-order valence-electron chi connectivity index (χ2n) is 3.00. The molecule has 0 aliphatic heterocycles. The summed E-state index contributed by atoms with van der Waals surface area (Å²) >= 11 is 0. The molecule has 0 bridgehead atoms. The number of hydrogen-bond acceptors (Lipinski definition) is 3. The Kier molecular flexibility index (Phi) is 3.48. The summed E-state index contributed by atoms with van der Waals surface area (Å²) in [6.45, 7) is 2.21. The van der Waals surface area contributed by atoms with Crippen LogP contribution in [-0.4, -0.2) is 29.3 Å². The van der Waals surface area contributed by atoms with Gasteiger partial charge < -0.3 is 15.5 Å². The third kappa shape index (κ3) is 2.47. The number of aromatic carboxylic acids is 1. The lowest BCUT2D eigenvalue weighted by Crippen LogP contribution is -2.10. The highest BCUT2D eigenvalue weighted by Crippen LogP contribution is 2.17. The van der Waals surface area contributed by atoms with Gasteiger partial charge in [0.15, 0.2) is 0 Å². The summed E-state index contributed by atoms with van der Waals surface area (Å²) in [6.07, 6.45) is 0. The number of anilines is 1. The number of aryl methyl sites for hydroxylation is 1. The number of benzene rings is 1. The minimum Gasteiger partial charge on any atom is -0.478 e. The highest BCUT2D eigenvalue weighted by molar-refractivity contribution is 5.94. The van der Waals surface area contributed by atoms with Gasteiger partial charge in [0.2, 0.25) is 0 Å². The van der Waals surface area contributed by atoms with Crippen LogP contribution < -0.4 is 5.32 Å². The molecule has 0 fully saturated rings. The summed E-state index contributed by atoms with van der Waals surface area (Å²) in [6, 6.07) is 5.05. The fourth-order valence-corrected chi connectivity index (χ4v) is 1.18. The zero-order valence-corrected chi connectivity index (χ0v) is 7.95. The van der Waals surface area contributed by atoms with Crippen molar-refractivity contribution >= 4 is 11.7 Å². The van der Waals surface area contributed by atoms with Crippen LogP contribution in [0.1, 0.15) is 15.9 Å². The topological polar surface area (TPSA) is 69.6 Å². The fraction of sp³-hybridized carbons (Fsp3) is 0.300. The van der Waals surface area contributed by atoms with Crippen molar-refractivity contribution in [2.45, 2.75) is 6.92 Å². The molecular formula is C10H13NO3. The molecule has 1 aromatic carbocycles. The SMILES string of the molecule is Cc1ccc(C(=O)O)c(NCCO)c1. The number of nitrogens with one attached hydrogen (secondary N) is 1. The van der Waals surface area contributed by atoms with E-state index in [4.69, 9.17) is 10.2 Å². The van der Waals surface area contributed by atoms with Gasteiger partial charge >= 0.3 is 5.97 Å². The number of carbonyl (C=O) groups is 1. The molecule has 0 radical (unpaired) electrons. The number of carboxylic acids is 1. The summed E-state index contributed by atoms with van der Waals surface area (Å²) in [5.74, 6) is -0.967. The van der Waals surface area contributed by atoms with Gasteiger partial charge in [0.1, 0.15) is 0 Å². The quantitative estimate of drug-likeness (QED) is 0.672. The fourth-order valence-electron chi connectivity index (χ4n) is 1.18. The van der Waals surface area contributed by atoms with E-state index in [0.717, 1.165) is 5.56 Å². The van der Waals surface area contributed by atoms with Crippen LogP contribution >= 0.6 is 0 Å². The molecule has 0 aliphatic carbocycles. The molecule has 1 aromatic rings. The molecule has 3 N–H and O–H groups in total. The molecule has 0 atom stereocenters. The number of aliphatic hydroxyl groups excluding tert-OH is 1. The molecule has 0 aromatic heterocycles. The van der Waals surface area contributed by atoms with Crippen molar-refractivity contribution < 1.29 is 15.0 Å². The summed E-state index contributed by atoms with van der Waals surface area (Å²) in [7, 11) is 0. The molecule has 0 spiro atoms. The highest BCUT2D eigenvalue weighted by atomic mass is 16.4. The van der Waals surface area contributed by atoms with Crippen molar-refractivity contribution in [2.75, 3.05) is 18.5 Å². The van der Waals surface area contributed by atoms with Crippen LogP contribution in [0.15, 0.2) is 18.2 Å². The van der Waals surface area contributed by atoms with Crippen molar-refractivity contribution in [3.8, 4) is 0 Å². The molecule has 0 amide bonds. The first-order valence-electron chi connectivity index (χ1n) is 4.34. The highest BCUT2D eigenvalue weighted by Gasteiger charge is 2.08. The lowest BCUT2D eigenvalue weighted by Gasteiger charge is -2.08.